The molecule has 0 saturated carbocycles. The number of hydrogen-bond donors (Lipinski definition) is 1. The van der Waals surface area contributed by atoms with E-state index in [9.17, 15) is 0 Å². The van der Waals surface area contributed by atoms with Crippen LogP contribution in [0.25, 0.3) is 0 Å². The van der Waals surface area contributed by atoms with Crippen molar-refractivity contribution >= 4 is 5.82 Å². The molecule has 1 aromatic rings. The first kappa shape index (κ1) is 14.3. The van der Waals surface area contributed by atoms with E-state index in [-0.39, 0.29) is 0 Å². The number of aryl methyl sites for hydroxylation is 1. The zero-order chi connectivity index (χ0) is 13.9. The molecule has 0 radical (unpaired) electrons. The fourth-order valence-electron chi connectivity index (χ4n) is 3.15. The Balaban J connectivity index is 2.19. The Hall–Kier alpha value is -1.09. The molecule has 2 rings (SSSR count). The van der Waals surface area contributed by atoms with E-state index in [0.29, 0.717) is 5.41 Å². The fraction of sp³-hybridized carbons (Fsp3) is 0.688. The first-order valence-corrected chi connectivity index (χ1v) is 7.49. The molecule has 3 heteroatoms. The van der Waals surface area contributed by atoms with Crippen LogP contribution in [0.3, 0.4) is 0 Å². The number of nitrogens with zero attached hydrogens (tertiary/aromatic N) is 2. The van der Waals surface area contributed by atoms with Gasteiger partial charge in [0.05, 0.1) is 0 Å². The minimum Gasteiger partial charge on any atom is -0.356 e. The molecule has 0 spiro atoms. The van der Waals surface area contributed by atoms with Gasteiger partial charge >= 0.3 is 0 Å². The highest BCUT2D eigenvalue weighted by Crippen LogP contribution is 2.38. The number of anilines is 1. The third kappa shape index (κ3) is 3.08. The molecule has 1 aliphatic heterocycles. The highest BCUT2D eigenvalue weighted by molar-refractivity contribution is 5.44. The summed E-state index contributed by atoms with van der Waals surface area (Å²) in [6.45, 7) is 9.96. The Bertz CT molecular complexity index is 424. The van der Waals surface area contributed by atoms with Crippen LogP contribution in [0.1, 0.15) is 44.4 Å². The van der Waals surface area contributed by atoms with Crippen molar-refractivity contribution in [2.24, 2.45) is 5.41 Å². The zero-order valence-electron chi connectivity index (χ0n) is 12.8. The van der Waals surface area contributed by atoms with E-state index in [1.807, 2.05) is 7.05 Å². The molecule has 1 aliphatic rings. The number of nitrogens with one attached hydrogen (secondary N) is 1. The van der Waals surface area contributed by atoms with Gasteiger partial charge in [-0.1, -0.05) is 13.8 Å². The lowest BCUT2D eigenvalue weighted by atomic mass is 9.82. The maximum atomic E-state index is 4.73. The van der Waals surface area contributed by atoms with E-state index in [1.165, 1.54) is 24.8 Å². The van der Waals surface area contributed by atoms with Gasteiger partial charge in [0.2, 0.25) is 0 Å². The molecule has 1 aromatic heterocycles. The second-order valence-corrected chi connectivity index (χ2v) is 5.88. The maximum Gasteiger partial charge on any atom is 0.129 e. The van der Waals surface area contributed by atoms with Crippen LogP contribution < -0.4 is 10.2 Å². The standard InChI is InChI=1S/C16H27N3/c1-5-16(6-2)7-8-19(12-16)15-10-14(11-17-4)9-13(3)18-15/h9-10,17H,5-8,11-12H2,1-4H3. The average Bonchev–Trinajstić information content (AvgIpc) is 2.84. The first-order valence-electron chi connectivity index (χ1n) is 7.49. The summed E-state index contributed by atoms with van der Waals surface area (Å²) in [5, 5.41) is 3.22. The Labute approximate surface area is 117 Å². The van der Waals surface area contributed by atoms with Gasteiger partial charge in [0.1, 0.15) is 5.82 Å². The number of rotatable bonds is 5. The Morgan fingerprint density at radius 2 is 2.05 bits per heavy atom. The first-order chi connectivity index (χ1) is 9.12. The van der Waals surface area contributed by atoms with Crippen LogP contribution >= 0.6 is 0 Å². The van der Waals surface area contributed by atoms with E-state index in [1.54, 1.807) is 0 Å². The Morgan fingerprint density at radius 1 is 1.32 bits per heavy atom. The summed E-state index contributed by atoms with van der Waals surface area (Å²) in [5.74, 6) is 1.16. The van der Waals surface area contributed by atoms with Gasteiger partial charge in [0.25, 0.3) is 0 Å². The summed E-state index contributed by atoms with van der Waals surface area (Å²) in [6, 6.07) is 4.41. The summed E-state index contributed by atoms with van der Waals surface area (Å²) in [4.78, 5) is 7.20. The van der Waals surface area contributed by atoms with Crippen LogP contribution in [0.15, 0.2) is 12.1 Å². The molecule has 0 unspecified atom stereocenters. The third-order valence-corrected chi connectivity index (χ3v) is 4.64. The zero-order valence-corrected chi connectivity index (χ0v) is 12.8. The van der Waals surface area contributed by atoms with Crippen molar-refractivity contribution in [3.63, 3.8) is 0 Å². The van der Waals surface area contributed by atoms with Gasteiger partial charge in [-0.15, -0.1) is 0 Å². The molecule has 1 saturated heterocycles. The fourth-order valence-corrected chi connectivity index (χ4v) is 3.15. The van der Waals surface area contributed by atoms with Crippen LogP contribution in [-0.4, -0.2) is 25.1 Å². The number of hydrogen-bond acceptors (Lipinski definition) is 3. The van der Waals surface area contributed by atoms with Crippen molar-refractivity contribution in [1.29, 1.82) is 0 Å². The lowest BCUT2D eigenvalue weighted by Crippen LogP contribution is -2.27. The van der Waals surface area contributed by atoms with Gasteiger partial charge in [-0.3, -0.25) is 0 Å². The van der Waals surface area contributed by atoms with Gasteiger partial charge in [-0.2, -0.15) is 0 Å². The SMILES string of the molecule is CCC1(CC)CCN(c2cc(CNC)cc(C)n2)C1. The van der Waals surface area contributed by atoms with Gasteiger partial charge in [0, 0.05) is 25.3 Å². The molecule has 106 valence electrons. The van der Waals surface area contributed by atoms with Crippen molar-refractivity contribution in [3.05, 3.63) is 23.4 Å². The van der Waals surface area contributed by atoms with E-state index >= 15 is 0 Å². The van der Waals surface area contributed by atoms with E-state index in [2.05, 4.69) is 43.1 Å². The van der Waals surface area contributed by atoms with Gasteiger partial charge in [-0.25, -0.2) is 4.98 Å². The van der Waals surface area contributed by atoms with E-state index in [4.69, 9.17) is 4.98 Å². The number of aromatic nitrogens is 1. The van der Waals surface area contributed by atoms with Crippen LogP contribution in [-0.2, 0) is 6.54 Å². The third-order valence-electron chi connectivity index (χ3n) is 4.64. The molecule has 1 N–H and O–H groups in total. The van der Waals surface area contributed by atoms with Gasteiger partial charge in [-0.05, 0) is 56.3 Å². The van der Waals surface area contributed by atoms with Crippen molar-refractivity contribution in [2.45, 2.75) is 46.6 Å². The van der Waals surface area contributed by atoms with Crippen molar-refractivity contribution in [2.75, 3.05) is 25.0 Å². The van der Waals surface area contributed by atoms with Crippen LogP contribution in [0, 0.1) is 12.3 Å². The molecular formula is C16H27N3. The Kier molecular flexibility index (Phi) is 4.46. The predicted octanol–water partition coefficient (Wildman–Crippen LogP) is 3.13. The van der Waals surface area contributed by atoms with Crippen LogP contribution in [0.4, 0.5) is 5.82 Å². The lowest BCUT2D eigenvalue weighted by Gasteiger charge is -2.27. The predicted molar refractivity (Wildman–Crippen MR) is 81.6 cm³/mol. The highest BCUT2D eigenvalue weighted by Gasteiger charge is 2.35. The monoisotopic (exact) mass is 261 g/mol. The minimum absolute atomic E-state index is 0.509. The summed E-state index contributed by atoms with van der Waals surface area (Å²) in [5.41, 5.74) is 2.96. The molecule has 0 atom stereocenters. The smallest absolute Gasteiger partial charge is 0.129 e. The minimum atomic E-state index is 0.509. The van der Waals surface area contributed by atoms with Crippen molar-refractivity contribution in [1.82, 2.24) is 10.3 Å². The van der Waals surface area contributed by atoms with Gasteiger partial charge in [0.15, 0.2) is 0 Å². The van der Waals surface area contributed by atoms with E-state index < -0.39 is 0 Å². The molecule has 1 fully saturated rings. The Morgan fingerprint density at radius 3 is 2.63 bits per heavy atom. The quantitative estimate of drug-likeness (QED) is 0.882. The largest absolute Gasteiger partial charge is 0.356 e. The van der Waals surface area contributed by atoms with Crippen LogP contribution in [0.5, 0.6) is 0 Å². The molecule has 19 heavy (non-hydrogen) atoms. The number of pyridine rings is 1. The second kappa shape index (κ2) is 5.91. The maximum absolute atomic E-state index is 4.73. The lowest BCUT2D eigenvalue weighted by molar-refractivity contribution is 0.301. The normalized spacial score (nSPS) is 18.0. The average molecular weight is 261 g/mol. The molecule has 3 nitrogen and oxygen atoms in total. The molecule has 0 amide bonds. The summed E-state index contributed by atoms with van der Waals surface area (Å²) in [6.07, 6.45) is 3.85. The van der Waals surface area contributed by atoms with Crippen molar-refractivity contribution < 1.29 is 0 Å². The summed E-state index contributed by atoms with van der Waals surface area (Å²) in [7, 11) is 1.99. The molecule has 0 bridgehead atoms. The summed E-state index contributed by atoms with van der Waals surface area (Å²) >= 11 is 0. The highest BCUT2D eigenvalue weighted by atomic mass is 15.2. The van der Waals surface area contributed by atoms with Crippen LogP contribution in [0.2, 0.25) is 0 Å². The molecule has 2 heterocycles. The topological polar surface area (TPSA) is 28.2 Å². The van der Waals surface area contributed by atoms with E-state index in [0.717, 1.165) is 31.1 Å². The molecular weight excluding hydrogens is 234 g/mol. The molecule has 0 aromatic carbocycles. The second-order valence-electron chi connectivity index (χ2n) is 5.88. The van der Waals surface area contributed by atoms with Gasteiger partial charge < -0.3 is 10.2 Å². The summed E-state index contributed by atoms with van der Waals surface area (Å²) < 4.78 is 0. The molecule has 0 aliphatic carbocycles. The van der Waals surface area contributed by atoms with Crippen molar-refractivity contribution in [3.8, 4) is 0 Å².